The lowest BCUT2D eigenvalue weighted by Gasteiger charge is -2.32. The highest BCUT2D eigenvalue weighted by atomic mass is 32.2. The van der Waals surface area contributed by atoms with Crippen LogP contribution in [-0.4, -0.2) is 64.5 Å². The standard InChI is InChI=1S/C22H28F3N7S/c1-4-15(16-7-6-8-17(13-16)22(23,24)25)14-27-19(26)33-21-29-18(5-2)28-20(30-21)32-11-9-31(3)10-12-32/h6-8,13-15,26H,4-5,9-12H2,1-3H3. The summed E-state index contributed by atoms with van der Waals surface area (Å²) in [4.78, 5) is 22.0. The Morgan fingerprint density at radius 1 is 1.18 bits per heavy atom. The molecule has 11 heteroatoms. The van der Waals surface area contributed by atoms with Crippen molar-refractivity contribution in [2.24, 2.45) is 4.99 Å². The predicted molar refractivity (Wildman–Crippen MR) is 125 cm³/mol. The van der Waals surface area contributed by atoms with Gasteiger partial charge in [-0.3, -0.25) is 5.41 Å². The zero-order valence-electron chi connectivity index (χ0n) is 18.9. The van der Waals surface area contributed by atoms with Crippen LogP contribution in [0.25, 0.3) is 0 Å². The molecule has 2 heterocycles. The van der Waals surface area contributed by atoms with E-state index in [0.717, 1.165) is 50.1 Å². The van der Waals surface area contributed by atoms with E-state index in [2.05, 4.69) is 36.8 Å². The molecule has 0 aliphatic carbocycles. The summed E-state index contributed by atoms with van der Waals surface area (Å²) < 4.78 is 39.1. The number of nitrogens with one attached hydrogen (secondary N) is 1. The van der Waals surface area contributed by atoms with E-state index in [1.807, 2.05) is 13.8 Å². The maximum atomic E-state index is 13.0. The third-order valence-corrected chi connectivity index (χ3v) is 6.06. The molecule has 0 saturated carbocycles. The van der Waals surface area contributed by atoms with E-state index in [1.165, 1.54) is 12.3 Å². The number of amidine groups is 1. The molecule has 1 aliphatic heterocycles. The number of nitrogens with zero attached hydrogens (tertiary/aromatic N) is 6. The van der Waals surface area contributed by atoms with Gasteiger partial charge in [0.1, 0.15) is 5.82 Å². The fraction of sp³-hybridized carbons (Fsp3) is 0.500. The van der Waals surface area contributed by atoms with E-state index < -0.39 is 11.7 Å². The van der Waals surface area contributed by atoms with Crippen LogP contribution in [0.5, 0.6) is 0 Å². The van der Waals surface area contributed by atoms with E-state index in [9.17, 15) is 13.2 Å². The van der Waals surface area contributed by atoms with E-state index in [-0.39, 0.29) is 11.1 Å². The third kappa shape index (κ3) is 6.97. The van der Waals surface area contributed by atoms with Crippen LogP contribution in [0.15, 0.2) is 34.4 Å². The number of thioether (sulfide) groups is 1. The van der Waals surface area contributed by atoms with Gasteiger partial charge in [0.2, 0.25) is 11.1 Å². The molecule has 1 aromatic carbocycles. The van der Waals surface area contributed by atoms with Crippen molar-refractivity contribution in [3.8, 4) is 0 Å². The Morgan fingerprint density at radius 2 is 1.91 bits per heavy atom. The van der Waals surface area contributed by atoms with Crippen LogP contribution in [0.4, 0.5) is 19.1 Å². The first-order valence-corrected chi connectivity index (χ1v) is 11.7. The summed E-state index contributed by atoms with van der Waals surface area (Å²) in [6, 6.07) is 5.23. The van der Waals surface area contributed by atoms with Gasteiger partial charge in [0.05, 0.1) is 5.56 Å². The van der Waals surface area contributed by atoms with Gasteiger partial charge in [-0.25, -0.2) is 9.98 Å². The number of benzene rings is 1. The van der Waals surface area contributed by atoms with Gasteiger partial charge in [0.15, 0.2) is 5.17 Å². The summed E-state index contributed by atoms with van der Waals surface area (Å²) in [6.07, 6.45) is -1.68. The molecule has 0 amide bonds. The number of alkyl halides is 3. The van der Waals surface area contributed by atoms with Gasteiger partial charge in [0, 0.05) is 44.7 Å². The molecule has 1 fully saturated rings. The minimum atomic E-state index is -4.40. The molecule has 0 bridgehead atoms. The van der Waals surface area contributed by atoms with Crippen LogP contribution in [0.3, 0.4) is 0 Å². The molecule has 33 heavy (non-hydrogen) atoms. The second kappa shape index (κ2) is 11.1. The Hall–Kier alpha value is -2.53. The normalized spacial score (nSPS) is 16.4. The Bertz CT molecular complexity index is 988. The number of aromatic nitrogens is 3. The van der Waals surface area contributed by atoms with Crippen molar-refractivity contribution in [2.75, 3.05) is 38.1 Å². The van der Waals surface area contributed by atoms with E-state index in [0.29, 0.717) is 35.3 Å². The lowest BCUT2D eigenvalue weighted by Crippen LogP contribution is -2.45. The molecule has 1 N–H and O–H groups in total. The highest BCUT2D eigenvalue weighted by Gasteiger charge is 2.30. The quantitative estimate of drug-likeness (QED) is 0.373. The molecule has 0 spiro atoms. The topological polar surface area (TPSA) is 81.4 Å². The smallest absolute Gasteiger partial charge is 0.338 e. The molecule has 1 saturated heterocycles. The number of anilines is 1. The fourth-order valence-electron chi connectivity index (χ4n) is 3.38. The molecule has 178 valence electrons. The summed E-state index contributed by atoms with van der Waals surface area (Å²) in [5, 5.41) is 8.60. The lowest BCUT2D eigenvalue weighted by molar-refractivity contribution is -0.137. The first-order chi connectivity index (χ1) is 15.7. The van der Waals surface area contributed by atoms with E-state index in [1.54, 1.807) is 6.07 Å². The molecular formula is C22H28F3N7S. The Kier molecular flexibility index (Phi) is 8.41. The summed E-state index contributed by atoms with van der Waals surface area (Å²) in [6.45, 7) is 7.31. The first kappa shape index (κ1) is 25.1. The molecule has 1 unspecified atom stereocenters. The Balaban J connectivity index is 1.72. The number of hydrogen-bond donors (Lipinski definition) is 1. The second-order valence-electron chi connectivity index (χ2n) is 7.80. The summed E-state index contributed by atoms with van der Waals surface area (Å²) in [7, 11) is 2.08. The number of aliphatic imine (C=N–C) groups is 1. The van der Waals surface area contributed by atoms with Crippen LogP contribution in [-0.2, 0) is 12.6 Å². The summed E-state index contributed by atoms with van der Waals surface area (Å²) in [5.74, 6) is 0.914. The van der Waals surface area contributed by atoms with Crippen molar-refractivity contribution in [1.29, 1.82) is 5.41 Å². The second-order valence-corrected chi connectivity index (χ2v) is 8.76. The Morgan fingerprint density at radius 3 is 2.55 bits per heavy atom. The molecule has 2 aromatic rings. The number of halogens is 3. The van der Waals surface area contributed by atoms with Gasteiger partial charge < -0.3 is 9.80 Å². The fourth-order valence-corrected chi connectivity index (χ4v) is 3.95. The maximum absolute atomic E-state index is 13.0. The average molecular weight is 480 g/mol. The SMILES string of the molecule is CCc1nc(SC(=N)N=CC(CC)c2cccc(C(F)(F)F)c2)nc(N2CCN(C)CC2)n1. The van der Waals surface area contributed by atoms with Crippen LogP contribution >= 0.6 is 11.8 Å². The van der Waals surface area contributed by atoms with Gasteiger partial charge in [0.25, 0.3) is 0 Å². The van der Waals surface area contributed by atoms with Crippen LogP contribution in [0.2, 0.25) is 0 Å². The van der Waals surface area contributed by atoms with E-state index in [4.69, 9.17) is 5.41 Å². The number of rotatable bonds is 6. The highest BCUT2D eigenvalue weighted by molar-refractivity contribution is 8.13. The molecule has 0 radical (unpaired) electrons. The van der Waals surface area contributed by atoms with Crippen LogP contribution in [0.1, 0.15) is 43.1 Å². The van der Waals surface area contributed by atoms with Crippen molar-refractivity contribution < 1.29 is 13.2 Å². The maximum Gasteiger partial charge on any atom is 0.416 e. The van der Waals surface area contributed by atoms with E-state index >= 15 is 0 Å². The Labute approximate surface area is 196 Å². The van der Waals surface area contributed by atoms with Crippen molar-refractivity contribution in [2.45, 2.75) is 43.9 Å². The van der Waals surface area contributed by atoms with Gasteiger partial charge in [-0.15, -0.1) is 0 Å². The van der Waals surface area contributed by atoms with Crippen molar-refractivity contribution in [3.05, 3.63) is 41.2 Å². The molecule has 1 aromatic heterocycles. The number of aryl methyl sites for hydroxylation is 1. The lowest BCUT2D eigenvalue weighted by atomic mass is 9.96. The third-order valence-electron chi connectivity index (χ3n) is 5.39. The van der Waals surface area contributed by atoms with Crippen LogP contribution in [0, 0.1) is 5.41 Å². The minimum Gasteiger partial charge on any atom is -0.338 e. The van der Waals surface area contributed by atoms with Gasteiger partial charge in [-0.05, 0) is 36.9 Å². The molecule has 3 rings (SSSR count). The number of piperazine rings is 1. The van der Waals surface area contributed by atoms with Crippen LogP contribution < -0.4 is 4.90 Å². The molecule has 1 aliphatic rings. The largest absolute Gasteiger partial charge is 0.416 e. The molecule has 1 atom stereocenters. The number of hydrogen-bond acceptors (Lipinski definition) is 7. The highest BCUT2D eigenvalue weighted by Crippen LogP contribution is 2.31. The van der Waals surface area contributed by atoms with Gasteiger partial charge in [-0.2, -0.15) is 23.1 Å². The predicted octanol–water partition coefficient (Wildman–Crippen LogP) is 4.50. The van der Waals surface area contributed by atoms with Crippen molar-refractivity contribution >= 4 is 29.1 Å². The average Bonchev–Trinajstić information content (AvgIpc) is 2.79. The number of likely N-dealkylation sites (N-methyl/N-ethyl adjacent to an activating group) is 1. The summed E-state index contributed by atoms with van der Waals surface area (Å²) in [5.41, 5.74) is -0.176. The van der Waals surface area contributed by atoms with Crippen molar-refractivity contribution in [1.82, 2.24) is 19.9 Å². The first-order valence-electron chi connectivity index (χ1n) is 10.9. The minimum absolute atomic E-state index is 0.0296. The zero-order valence-corrected chi connectivity index (χ0v) is 19.7. The molecule has 7 nitrogen and oxygen atoms in total. The van der Waals surface area contributed by atoms with Crippen molar-refractivity contribution in [3.63, 3.8) is 0 Å². The summed E-state index contributed by atoms with van der Waals surface area (Å²) >= 11 is 1.01. The van der Waals surface area contributed by atoms with Gasteiger partial charge in [-0.1, -0.05) is 32.0 Å². The van der Waals surface area contributed by atoms with Gasteiger partial charge >= 0.3 is 6.18 Å². The monoisotopic (exact) mass is 479 g/mol. The zero-order chi connectivity index (χ0) is 24.0. The molecular weight excluding hydrogens is 451 g/mol.